The molecule has 12 unspecified atom stereocenters. The molecule has 14 nitrogen and oxygen atoms in total. The molecule has 0 spiro atoms. The van der Waals surface area contributed by atoms with E-state index in [0.717, 1.165) is 103 Å². The Morgan fingerprint density at radius 2 is 0.833 bits per heavy atom. The largest absolute Gasteiger partial charge is 0.394 e. The predicted octanol–water partition coefficient (Wildman–Crippen LogP) is 11.9. The Morgan fingerprint density at radius 1 is 0.440 bits per heavy atom. The van der Waals surface area contributed by atoms with E-state index in [1.54, 1.807) is 6.08 Å². The fraction of sp³-hybridized carbons (Fsp3) is 0.614. The Kier molecular flexibility index (Phi) is 47.7. The van der Waals surface area contributed by atoms with Gasteiger partial charge in [0.25, 0.3) is 0 Å². The Hall–Kier alpha value is -4.39. The summed E-state index contributed by atoms with van der Waals surface area (Å²) < 4.78 is 22.7. The van der Waals surface area contributed by atoms with Gasteiger partial charge in [-0.25, -0.2) is 0 Å². The van der Waals surface area contributed by atoms with Crippen LogP contribution in [0.2, 0.25) is 0 Å². The topological polar surface area (TPSA) is 228 Å². The molecule has 2 heterocycles. The number of aliphatic hydroxyl groups excluding tert-OH is 8. The van der Waals surface area contributed by atoms with Gasteiger partial charge in [-0.3, -0.25) is 4.79 Å². The molecule has 1 amide bonds. The van der Waals surface area contributed by atoms with Gasteiger partial charge in [-0.1, -0.05) is 210 Å². The highest BCUT2D eigenvalue weighted by Crippen LogP contribution is 2.30. The maximum absolute atomic E-state index is 13.3. The Labute approximate surface area is 505 Å². The van der Waals surface area contributed by atoms with Crippen molar-refractivity contribution in [1.82, 2.24) is 5.32 Å². The molecule has 0 saturated carbocycles. The first-order chi connectivity index (χ1) is 41.1. The van der Waals surface area contributed by atoms with Gasteiger partial charge in [-0.2, -0.15) is 0 Å². The lowest BCUT2D eigenvalue weighted by Gasteiger charge is -2.46. The molecule has 2 aliphatic rings. The molecule has 0 aliphatic carbocycles. The molecule has 0 aromatic heterocycles. The van der Waals surface area contributed by atoms with Gasteiger partial charge >= 0.3 is 0 Å². The monoisotopic (exact) mass is 1170 g/mol. The molecule has 2 rings (SSSR count). The average Bonchev–Trinajstić information content (AvgIpc) is 3.17. The first-order valence-electron chi connectivity index (χ1n) is 31.7. The zero-order chi connectivity index (χ0) is 60.9. The van der Waals surface area contributed by atoms with Gasteiger partial charge in [0.05, 0.1) is 32.0 Å². The van der Waals surface area contributed by atoms with Gasteiger partial charge in [-0.15, -0.1) is 0 Å². The molecule has 0 radical (unpaired) electrons. The van der Waals surface area contributed by atoms with Crippen LogP contribution in [0.4, 0.5) is 0 Å². The first kappa shape index (κ1) is 75.7. The van der Waals surface area contributed by atoms with Crippen molar-refractivity contribution in [2.45, 2.75) is 254 Å². The van der Waals surface area contributed by atoms with Gasteiger partial charge in [0.1, 0.15) is 48.8 Å². The second-order valence-corrected chi connectivity index (χ2v) is 21.4. The summed E-state index contributed by atoms with van der Waals surface area (Å²) in [6.45, 7) is 2.59. The van der Waals surface area contributed by atoms with Crippen LogP contribution in [-0.2, 0) is 23.7 Å². The maximum atomic E-state index is 13.3. The third-order valence-electron chi connectivity index (χ3n) is 14.2. The lowest BCUT2D eigenvalue weighted by molar-refractivity contribution is -0.359. The predicted molar refractivity (Wildman–Crippen MR) is 341 cm³/mol. The number of hydrogen-bond acceptors (Lipinski definition) is 13. The van der Waals surface area contributed by atoms with Crippen molar-refractivity contribution in [2.24, 2.45) is 0 Å². The molecule has 12 atom stereocenters. The van der Waals surface area contributed by atoms with Crippen molar-refractivity contribution >= 4 is 5.91 Å². The fourth-order valence-corrected chi connectivity index (χ4v) is 9.11. The van der Waals surface area contributed by atoms with Gasteiger partial charge in [0, 0.05) is 6.42 Å². The number of allylic oxidation sites excluding steroid dienone is 25. The van der Waals surface area contributed by atoms with Crippen LogP contribution in [0, 0.1) is 0 Å². The van der Waals surface area contributed by atoms with Crippen molar-refractivity contribution in [2.75, 3.05) is 19.8 Å². The quantitative estimate of drug-likeness (QED) is 0.0204. The van der Waals surface area contributed by atoms with Crippen LogP contribution in [0.3, 0.4) is 0 Å². The Balaban J connectivity index is 1.76. The summed E-state index contributed by atoms with van der Waals surface area (Å²) in [5.41, 5.74) is 0. The van der Waals surface area contributed by atoms with Crippen molar-refractivity contribution in [3.63, 3.8) is 0 Å². The molecule has 0 aromatic rings. The van der Waals surface area contributed by atoms with E-state index in [2.05, 4.69) is 165 Å². The molecule has 2 saturated heterocycles. The Morgan fingerprint density at radius 3 is 1.31 bits per heavy atom. The van der Waals surface area contributed by atoms with Crippen LogP contribution in [0.25, 0.3) is 0 Å². The summed E-state index contributed by atoms with van der Waals surface area (Å²) in [7, 11) is 0. The van der Waals surface area contributed by atoms with Gasteiger partial charge in [0.2, 0.25) is 5.91 Å². The SMILES string of the molecule is CC/C=C\C/C=C\C/C=C\C/C=C\C/C=C\C/C=C\C/C=C\C/C=C\C/C=C\C/C=C\CCCCC(=O)NC(COC1OC(CO)C(OC2OC(CO)C(O)C(O)C2O)C(O)C1O)C(O)/C=C/CC/C=C/CC/C=C/CCCCCCCCC. The van der Waals surface area contributed by atoms with Crippen LogP contribution >= 0.6 is 0 Å². The van der Waals surface area contributed by atoms with Crippen LogP contribution in [0.5, 0.6) is 0 Å². The van der Waals surface area contributed by atoms with Gasteiger partial charge in [-0.05, 0) is 122 Å². The number of nitrogens with one attached hydrogen (secondary N) is 1. The second-order valence-electron chi connectivity index (χ2n) is 21.4. The second kappa shape index (κ2) is 52.9. The highest BCUT2D eigenvalue weighted by atomic mass is 16.7. The number of carbonyl (C=O) groups is 1. The van der Waals surface area contributed by atoms with E-state index in [9.17, 15) is 45.6 Å². The molecule has 9 N–H and O–H groups in total. The normalized spacial score (nSPS) is 24.8. The summed E-state index contributed by atoms with van der Waals surface area (Å²) in [5, 5.41) is 87.1. The zero-order valence-corrected chi connectivity index (χ0v) is 51.1. The molecule has 474 valence electrons. The molecular weight excluding hydrogens is 1060 g/mol. The number of rotatable bonds is 48. The molecule has 2 fully saturated rings. The fourth-order valence-electron chi connectivity index (χ4n) is 9.11. The Bertz CT molecular complexity index is 2010. The number of carbonyl (C=O) groups excluding carboxylic acids is 1. The number of unbranched alkanes of at least 4 members (excludes halogenated alkanes) is 11. The molecular formula is C70H111NO13. The standard InChI is InChI=1S/C70H111NO13/c1-3-5-7-9-11-13-15-17-19-21-22-23-24-25-26-27-28-29-30-31-32-33-34-35-36-38-40-42-44-46-48-50-52-54-62(75)71-58(59(74)53-51-49-47-45-43-41-39-37-20-18-16-14-12-10-8-6-4-2)57-81-69-67(80)65(78)68(61(56-73)83-69)84-70-66(79)64(77)63(76)60(55-72)82-70/h5,7,11,13,17,19-20,22-23,25-26,28-29,31-32,34-35,37-38,40,43-46,51,53,58-61,63-70,72-74,76-80H,3-4,6,8-10,12,14-16,18,21,24,27,30,33,36,39,41-42,47-50,52,54-57H2,1-2H3,(H,71,75)/b7-5-,13-11-,19-17-,23-22-,26-25-,29-28-,32-31-,35-34-,37-20+,40-38-,45-43+,46-44-,53-51+. The molecule has 84 heavy (non-hydrogen) atoms. The van der Waals surface area contributed by atoms with Crippen LogP contribution in [0.1, 0.15) is 181 Å². The summed E-state index contributed by atoms with van der Waals surface area (Å²) in [6, 6.07) is -0.974. The average molecular weight is 1170 g/mol. The molecule has 0 bridgehead atoms. The van der Waals surface area contributed by atoms with Crippen molar-refractivity contribution in [3.05, 3.63) is 158 Å². The molecule has 14 heteroatoms. The number of amides is 1. The first-order valence-corrected chi connectivity index (χ1v) is 31.7. The maximum Gasteiger partial charge on any atom is 0.220 e. The van der Waals surface area contributed by atoms with E-state index in [4.69, 9.17) is 18.9 Å². The molecule has 0 aromatic carbocycles. The van der Waals surface area contributed by atoms with E-state index in [-0.39, 0.29) is 18.9 Å². The van der Waals surface area contributed by atoms with Crippen LogP contribution < -0.4 is 5.32 Å². The highest BCUT2D eigenvalue weighted by Gasteiger charge is 2.51. The highest BCUT2D eigenvalue weighted by molar-refractivity contribution is 5.76. The number of hydrogen-bond donors (Lipinski definition) is 9. The zero-order valence-electron chi connectivity index (χ0n) is 51.1. The lowest BCUT2D eigenvalue weighted by Crippen LogP contribution is -2.65. The number of aliphatic hydroxyl groups is 8. The third-order valence-corrected chi connectivity index (χ3v) is 14.2. The summed E-state index contributed by atoms with van der Waals surface area (Å²) in [4.78, 5) is 13.3. The summed E-state index contributed by atoms with van der Waals surface area (Å²) >= 11 is 0. The van der Waals surface area contributed by atoms with E-state index in [1.807, 2.05) is 6.08 Å². The minimum absolute atomic E-state index is 0.203. The smallest absolute Gasteiger partial charge is 0.220 e. The van der Waals surface area contributed by atoms with E-state index in [1.165, 1.54) is 44.9 Å². The van der Waals surface area contributed by atoms with Gasteiger partial charge in [0.15, 0.2) is 12.6 Å². The van der Waals surface area contributed by atoms with Crippen LogP contribution in [0.15, 0.2) is 158 Å². The minimum atomic E-state index is -1.81. The van der Waals surface area contributed by atoms with Crippen molar-refractivity contribution in [3.8, 4) is 0 Å². The van der Waals surface area contributed by atoms with Gasteiger partial charge < -0.3 is 65.1 Å². The summed E-state index contributed by atoms with van der Waals surface area (Å²) in [6.07, 6.45) is 64.3. The van der Waals surface area contributed by atoms with Crippen molar-refractivity contribution in [1.29, 1.82) is 0 Å². The van der Waals surface area contributed by atoms with Crippen molar-refractivity contribution < 1.29 is 64.6 Å². The lowest BCUT2D eigenvalue weighted by atomic mass is 9.97. The number of ether oxygens (including phenoxy) is 4. The minimum Gasteiger partial charge on any atom is -0.394 e. The van der Waals surface area contributed by atoms with E-state index >= 15 is 0 Å². The molecule has 2 aliphatic heterocycles. The third kappa shape index (κ3) is 37.2. The van der Waals surface area contributed by atoms with E-state index < -0.39 is 86.8 Å². The van der Waals surface area contributed by atoms with E-state index in [0.29, 0.717) is 12.8 Å². The summed E-state index contributed by atoms with van der Waals surface area (Å²) in [5.74, 6) is -0.304. The van der Waals surface area contributed by atoms with Crippen LogP contribution in [-0.4, -0.2) is 140 Å².